The summed E-state index contributed by atoms with van der Waals surface area (Å²) < 4.78 is 27.7. The number of amides is 1. The lowest BCUT2D eigenvalue weighted by molar-refractivity contribution is -0.133. The molecule has 3 aromatic rings. The number of carbonyl (C=O) groups excluding carboxylic acids is 1. The van der Waals surface area contributed by atoms with Crippen LogP contribution < -0.4 is 0 Å². The van der Waals surface area contributed by atoms with E-state index in [1.54, 1.807) is 23.5 Å². The van der Waals surface area contributed by atoms with Crippen molar-refractivity contribution in [3.63, 3.8) is 0 Å². The molecule has 0 N–H and O–H groups in total. The molecule has 1 amide bonds. The highest BCUT2D eigenvalue weighted by molar-refractivity contribution is 7.88. The second-order valence-electron chi connectivity index (χ2n) is 8.02. The molecule has 0 saturated heterocycles. The summed E-state index contributed by atoms with van der Waals surface area (Å²) in [4.78, 5) is 16.7. The molecular formula is C25H28N2O3S2. The minimum absolute atomic E-state index is 0.0993. The number of benzene rings is 2. The first-order valence-electron chi connectivity index (χ1n) is 10.9. The highest BCUT2D eigenvalue weighted by Gasteiger charge is 2.35. The Bertz CT molecular complexity index is 1140. The van der Waals surface area contributed by atoms with E-state index in [9.17, 15) is 13.2 Å². The molecule has 0 saturated carbocycles. The summed E-state index contributed by atoms with van der Waals surface area (Å²) in [6.07, 6.45) is 1.45. The Morgan fingerprint density at radius 3 is 2.44 bits per heavy atom. The Morgan fingerprint density at radius 1 is 1.06 bits per heavy atom. The minimum Gasteiger partial charge on any atom is -0.330 e. The second-order valence-corrected chi connectivity index (χ2v) is 11.0. The molecule has 0 aliphatic carbocycles. The molecule has 168 valence electrons. The first kappa shape index (κ1) is 22.7. The molecule has 1 aliphatic rings. The smallest absolute Gasteiger partial charge is 0.238 e. The van der Waals surface area contributed by atoms with Crippen molar-refractivity contribution in [1.82, 2.24) is 9.21 Å². The third kappa shape index (κ3) is 4.95. The van der Waals surface area contributed by atoms with Gasteiger partial charge >= 0.3 is 0 Å². The van der Waals surface area contributed by atoms with Crippen LogP contribution in [-0.2, 0) is 27.0 Å². The molecular weight excluding hydrogens is 440 g/mol. The number of rotatable bonds is 8. The summed E-state index contributed by atoms with van der Waals surface area (Å²) in [6.45, 7) is 2.71. The molecule has 0 spiro atoms. The normalized spacial score (nSPS) is 16.2. The monoisotopic (exact) mass is 468 g/mol. The number of nitrogens with zero attached hydrogens (tertiary/aromatic N) is 2. The number of thiophene rings is 1. The van der Waals surface area contributed by atoms with Gasteiger partial charge in [0.2, 0.25) is 15.9 Å². The van der Waals surface area contributed by atoms with E-state index in [1.165, 1.54) is 9.18 Å². The van der Waals surface area contributed by atoms with Crippen LogP contribution in [-0.4, -0.2) is 43.2 Å². The van der Waals surface area contributed by atoms with Crippen LogP contribution in [0.4, 0.5) is 0 Å². The molecule has 1 unspecified atom stereocenters. The highest BCUT2D eigenvalue weighted by atomic mass is 32.2. The van der Waals surface area contributed by atoms with Crippen molar-refractivity contribution in [3.8, 4) is 0 Å². The quantitative estimate of drug-likeness (QED) is 0.490. The molecule has 2 heterocycles. The van der Waals surface area contributed by atoms with E-state index in [-0.39, 0.29) is 24.2 Å². The number of sulfonamides is 1. The van der Waals surface area contributed by atoms with Gasteiger partial charge in [-0.15, -0.1) is 11.3 Å². The van der Waals surface area contributed by atoms with Crippen molar-refractivity contribution in [2.45, 2.75) is 31.6 Å². The van der Waals surface area contributed by atoms with Gasteiger partial charge in [-0.3, -0.25) is 4.79 Å². The predicted octanol–water partition coefficient (Wildman–Crippen LogP) is 4.46. The summed E-state index contributed by atoms with van der Waals surface area (Å²) in [5.41, 5.74) is 2.92. The standard InChI is InChI=1S/C25H28N2O3S2/c1-2-15-26(32(29,30)19-20-9-5-3-6-10-20)18-24(28)27-16-13-23-22(14-17-31-23)25(27)21-11-7-4-8-12-21/h3-12,14,17,25H,2,13,15-16,18-19H2,1H3. The highest BCUT2D eigenvalue weighted by Crippen LogP contribution is 2.37. The van der Waals surface area contributed by atoms with Crippen LogP contribution in [0.2, 0.25) is 0 Å². The van der Waals surface area contributed by atoms with Crippen LogP contribution in [0.25, 0.3) is 0 Å². The van der Waals surface area contributed by atoms with E-state index >= 15 is 0 Å². The van der Waals surface area contributed by atoms with E-state index < -0.39 is 10.0 Å². The van der Waals surface area contributed by atoms with Crippen LogP contribution >= 0.6 is 11.3 Å². The van der Waals surface area contributed by atoms with Crippen LogP contribution in [0.3, 0.4) is 0 Å². The summed E-state index contributed by atoms with van der Waals surface area (Å²) in [7, 11) is -3.62. The van der Waals surface area contributed by atoms with E-state index in [0.29, 0.717) is 19.5 Å². The zero-order valence-corrected chi connectivity index (χ0v) is 19.8. The molecule has 0 bridgehead atoms. The molecule has 0 radical (unpaired) electrons. The zero-order valence-electron chi connectivity index (χ0n) is 18.2. The summed E-state index contributed by atoms with van der Waals surface area (Å²) in [6, 6.07) is 21.0. The van der Waals surface area contributed by atoms with Gasteiger partial charge in [0.15, 0.2) is 0 Å². The van der Waals surface area contributed by atoms with Gasteiger partial charge in [-0.1, -0.05) is 67.6 Å². The fraction of sp³-hybridized carbons (Fsp3) is 0.320. The Hall–Kier alpha value is -2.48. The molecule has 32 heavy (non-hydrogen) atoms. The molecule has 1 aliphatic heterocycles. The van der Waals surface area contributed by atoms with Gasteiger partial charge in [0, 0.05) is 18.0 Å². The molecule has 1 atom stereocenters. The molecule has 2 aromatic carbocycles. The SMILES string of the molecule is CCCN(CC(=O)N1CCc2sccc2C1c1ccccc1)S(=O)(=O)Cc1ccccc1. The van der Waals surface area contributed by atoms with Crippen molar-refractivity contribution in [3.05, 3.63) is 93.7 Å². The summed E-state index contributed by atoms with van der Waals surface area (Å²) in [5, 5.41) is 2.07. The molecule has 7 heteroatoms. The second kappa shape index (κ2) is 9.98. The Balaban J connectivity index is 1.59. The Morgan fingerprint density at radius 2 is 1.75 bits per heavy atom. The first-order valence-corrected chi connectivity index (χ1v) is 13.4. The largest absolute Gasteiger partial charge is 0.330 e. The van der Waals surface area contributed by atoms with Gasteiger partial charge in [0.05, 0.1) is 18.3 Å². The maximum absolute atomic E-state index is 13.5. The van der Waals surface area contributed by atoms with Gasteiger partial charge in [-0.25, -0.2) is 8.42 Å². The van der Waals surface area contributed by atoms with Gasteiger partial charge in [-0.05, 0) is 41.0 Å². The zero-order chi connectivity index (χ0) is 22.6. The lowest BCUT2D eigenvalue weighted by Gasteiger charge is -2.37. The fourth-order valence-corrected chi connectivity index (χ4v) is 6.73. The number of hydrogen-bond donors (Lipinski definition) is 0. The van der Waals surface area contributed by atoms with E-state index in [4.69, 9.17) is 0 Å². The van der Waals surface area contributed by atoms with Crippen molar-refractivity contribution < 1.29 is 13.2 Å². The van der Waals surface area contributed by atoms with Crippen LogP contribution in [0.5, 0.6) is 0 Å². The first-order chi connectivity index (χ1) is 15.5. The van der Waals surface area contributed by atoms with Crippen LogP contribution in [0, 0.1) is 0 Å². The summed E-state index contributed by atoms with van der Waals surface area (Å²) in [5.74, 6) is -0.251. The fourth-order valence-electron chi connectivity index (χ4n) is 4.26. The average molecular weight is 469 g/mol. The average Bonchev–Trinajstić information content (AvgIpc) is 3.28. The molecule has 0 fully saturated rings. The Labute approximate surface area is 194 Å². The molecule has 1 aromatic heterocycles. The molecule has 4 rings (SSSR count). The maximum Gasteiger partial charge on any atom is 0.238 e. The van der Waals surface area contributed by atoms with E-state index in [0.717, 1.165) is 23.1 Å². The van der Waals surface area contributed by atoms with E-state index in [2.05, 4.69) is 11.4 Å². The van der Waals surface area contributed by atoms with Gasteiger partial charge in [0.1, 0.15) is 0 Å². The van der Waals surface area contributed by atoms with Crippen molar-refractivity contribution in [1.29, 1.82) is 0 Å². The van der Waals surface area contributed by atoms with Crippen LogP contribution in [0.1, 0.15) is 41.0 Å². The van der Waals surface area contributed by atoms with Gasteiger partial charge in [0.25, 0.3) is 0 Å². The number of hydrogen-bond acceptors (Lipinski definition) is 4. The molecule has 5 nitrogen and oxygen atoms in total. The topological polar surface area (TPSA) is 57.7 Å². The van der Waals surface area contributed by atoms with Gasteiger partial charge < -0.3 is 4.90 Å². The summed E-state index contributed by atoms with van der Waals surface area (Å²) >= 11 is 1.72. The van der Waals surface area contributed by atoms with Gasteiger partial charge in [-0.2, -0.15) is 4.31 Å². The predicted molar refractivity (Wildman–Crippen MR) is 129 cm³/mol. The van der Waals surface area contributed by atoms with Crippen molar-refractivity contribution in [2.24, 2.45) is 0 Å². The third-order valence-electron chi connectivity index (χ3n) is 5.77. The number of fused-ring (bicyclic) bond motifs is 1. The van der Waals surface area contributed by atoms with Crippen LogP contribution in [0.15, 0.2) is 72.1 Å². The van der Waals surface area contributed by atoms with Crippen molar-refractivity contribution in [2.75, 3.05) is 19.6 Å². The Kier molecular flexibility index (Phi) is 7.08. The lowest BCUT2D eigenvalue weighted by atomic mass is 9.93. The van der Waals surface area contributed by atoms with Crippen molar-refractivity contribution >= 4 is 27.3 Å². The van der Waals surface area contributed by atoms with E-state index in [1.807, 2.05) is 60.4 Å². The maximum atomic E-state index is 13.5. The lowest BCUT2D eigenvalue weighted by Crippen LogP contribution is -2.47. The third-order valence-corrected chi connectivity index (χ3v) is 8.56. The minimum atomic E-state index is -3.62. The number of carbonyl (C=O) groups is 1.